The van der Waals surface area contributed by atoms with Crippen LogP contribution in [-0.2, 0) is 9.53 Å². The predicted molar refractivity (Wildman–Crippen MR) is 41.6 cm³/mol. The van der Waals surface area contributed by atoms with Crippen molar-refractivity contribution in [1.82, 2.24) is 0 Å². The number of alkyl halides is 3. The maximum Gasteiger partial charge on any atom is 0.522 e. The summed E-state index contributed by atoms with van der Waals surface area (Å²) in [7, 11) is 0. The molecule has 78 valence electrons. The summed E-state index contributed by atoms with van der Waals surface area (Å²) in [6, 6.07) is 0. The van der Waals surface area contributed by atoms with Crippen LogP contribution in [0.1, 0.15) is 6.92 Å². The third-order valence-electron chi connectivity index (χ3n) is 1.06. The second-order valence-corrected chi connectivity index (χ2v) is 3.59. The molecular formula is C6H9F3O3S. The van der Waals surface area contributed by atoms with Gasteiger partial charge in [-0.1, -0.05) is 0 Å². The Kier molecular flexibility index (Phi) is 5.16. The van der Waals surface area contributed by atoms with Crippen LogP contribution in [0, 0.1) is 0 Å². The number of ether oxygens (including phenoxy) is 1. The molecule has 0 aromatic heterocycles. The van der Waals surface area contributed by atoms with E-state index in [0.29, 0.717) is 0 Å². The highest BCUT2D eigenvalue weighted by molar-refractivity contribution is 8.00. The molecule has 7 heteroatoms. The first-order chi connectivity index (χ1) is 5.83. The molecule has 0 radical (unpaired) electrons. The van der Waals surface area contributed by atoms with E-state index >= 15 is 0 Å². The lowest BCUT2D eigenvalue weighted by atomic mass is 10.5. The molecular weight excluding hydrogens is 209 g/mol. The van der Waals surface area contributed by atoms with E-state index < -0.39 is 24.2 Å². The Labute approximate surface area is 77.3 Å². The zero-order valence-corrected chi connectivity index (χ0v) is 7.61. The monoisotopic (exact) mass is 218 g/mol. The van der Waals surface area contributed by atoms with Crippen molar-refractivity contribution in [1.29, 1.82) is 0 Å². The first kappa shape index (κ1) is 12.6. The van der Waals surface area contributed by atoms with Crippen LogP contribution in [0.2, 0.25) is 0 Å². The Morgan fingerprint density at radius 1 is 1.62 bits per heavy atom. The summed E-state index contributed by atoms with van der Waals surface area (Å²) in [5, 5.41) is 7.65. The van der Waals surface area contributed by atoms with Crippen molar-refractivity contribution in [2.24, 2.45) is 0 Å². The van der Waals surface area contributed by atoms with Gasteiger partial charge in [-0.3, -0.25) is 9.53 Å². The van der Waals surface area contributed by atoms with E-state index in [1.165, 1.54) is 6.92 Å². The molecule has 0 aromatic carbocycles. The Hall–Kier alpha value is -0.430. The Balaban J connectivity index is 3.41. The van der Waals surface area contributed by atoms with Gasteiger partial charge in [-0.15, -0.1) is 24.9 Å². The summed E-state index contributed by atoms with van der Waals surface area (Å²) in [6.07, 6.45) is -4.63. The van der Waals surface area contributed by atoms with Crippen LogP contribution >= 0.6 is 11.8 Å². The molecule has 1 unspecified atom stereocenters. The molecule has 0 fully saturated rings. The highest BCUT2D eigenvalue weighted by atomic mass is 32.2. The largest absolute Gasteiger partial charge is 0.522 e. The number of carboxylic acid groups (broad SMARTS) is 1. The van der Waals surface area contributed by atoms with Gasteiger partial charge >= 0.3 is 12.3 Å². The van der Waals surface area contributed by atoms with Crippen molar-refractivity contribution in [3.05, 3.63) is 0 Å². The fraction of sp³-hybridized carbons (Fsp3) is 0.833. The quantitative estimate of drug-likeness (QED) is 0.714. The van der Waals surface area contributed by atoms with Crippen LogP contribution in [0.5, 0.6) is 0 Å². The van der Waals surface area contributed by atoms with E-state index in [4.69, 9.17) is 5.11 Å². The Bertz CT molecular complexity index is 171. The van der Waals surface area contributed by atoms with Crippen molar-refractivity contribution in [3.63, 3.8) is 0 Å². The lowest BCUT2D eigenvalue weighted by Crippen LogP contribution is -2.17. The molecule has 0 heterocycles. The second kappa shape index (κ2) is 5.33. The first-order valence-electron chi connectivity index (χ1n) is 3.38. The molecule has 0 bridgehead atoms. The van der Waals surface area contributed by atoms with Gasteiger partial charge in [0, 0.05) is 5.75 Å². The van der Waals surface area contributed by atoms with Gasteiger partial charge in [0.2, 0.25) is 0 Å². The predicted octanol–water partition coefficient (Wildman–Crippen LogP) is 1.73. The van der Waals surface area contributed by atoms with Gasteiger partial charge in [-0.25, -0.2) is 0 Å². The van der Waals surface area contributed by atoms with Crippen molar-refractivity contribution < 1.29 is 27.8 Å². The molecule has 0 aromatic rings. The van der Waals surface area contributed by atoms with Crippen molar-refractivity contribution in [2.45, 2.75) is 18.5 Å². The van der Waals surface area contributed by atoms with Crippen molar-refractivity contribution >= 4 is 17.7 Å². The second-order valence-electron chi connectivity index (χ2n) is 2.15. The lowest BCUT2D eigenvalue weighted by Gasteiger charge is -2.08. The van der Waals surface area contributed by atoms with Gasteiger partial charge < -0.3 is 5.11 Å². The van der Waals surface area contributed by atoms with Crippen LogP contribution in [0.25, 0.3) is 0 Å². The van der Waals surface area contributed by atoms with Crippen LogP contribution in [0.15, 0.2) is 0 Å². The number of hydrogen-bond donors (Lipinski definition) is 1. The van der Waals surface area contributed by atoms with Crippen LogP contribution in [-0.4, -0.2) is 35.0 Å². The molecule has 0 rings (SSSR count). The summed E-state index contributed by atoms with van der Waals surface area (Å²) in [4.78, 5) is 10.2. The summed E-state index contributed by atoms with van der Waals surface area (Å²) in [6.45, 7) is 0.881. The molecule has 0 amide bonds. The average molecular weight is 218 g/mol. The minimum absolute atomic E-state index is 0.00692. The van der Waals surface area contributed by atoms with Crippen LogP contribution < -0.4 is 0 Å². The highest BCUT2D eigenvalue weighted by Crippen LogP contribution is 2.17. The molecule has 0 aliphatic rings. The van der Waals surface area contributed by atoms with Gasteiger partial charge in [0.15, 0.2) is 0 Å². The van der Waals surface area contributed by atoms with Gasteiger partial charge in [-0.05, 0) is 6.92 Å². The number of rotatable bonds is 5. The van der Waals surface area contributed by atoms with Gasteiger partial charge in [0.1, 0.15) is 0 Å². The molecule has 13 heavy (non-hydrogen) atoms. The molecule has 0 spiro atoms. The van der Waals surface area contributed by atoms with E-state index in [9.17, 15) is 18.0 Å². The highest BCUT2D eigenvalue weighted by Gasteiger charge is 2.28. The van der Waals surface area contributed by atoms with E-state index in [-0.39, 0.29) is 5.75 Å². The maximum atomic E-state index is 11.4. The van der Waals surface area contributed by atoms with E-state index in [1.807, 2.05) is 0 Å². The molecule has 1 atom stereocenters. The SMILES string of the molecule is CC(SCCOC(F)(F)F)C(=O)O. The molecule has 0 saturated carbocycles. The molecule has 0 aliphatic heterocycles. The van der Waals surface area contributed by atoms with Crippen molar-refractivity contribution in [3.8, 4) is 0 Å². The van der Waals surface area contributed by atoms with Gasteiger partial charge in [0.05, 0.1) is 11.9 Å². The van der Waals surface area contributed by atoms with E-state index in [2.05, 4.69) is 4.74 Å². The van der Waals surface area contributed by atoms with Gasteiger partial charge in [0.25, 0.3) is 0 Å². The fourth-order valence-corrected chi connectivity index (χ4v) is 1.13. The van der Waals surface area contributed by atoms with Gasteiger partial charge in [-0.2, -0.15) is 0 Å². The Morgan fingerprint density at radius 2 is 2.15 bits per heavy atom. The van der Waals surface area contributed by atoms with Crippen molar-refractivity contribution in [2.75, 3.05) is 12.4 Å². The number of aliphatic carboxylic acids is 1. The summed E-state index contributed by atoms with van der Waals surface area (Å²) < 4.78 is 37.6. The molecule has 1 N–H and O–H groups in total. The molecule has 0 aliphatic carbocycles. The van der Waals surface area contributed by atoms with E-state index in [0.717, 1.165) is 11.8 Å². The standard InChI is InChI=1S/C6H9F3O3S/c1-4(5(10)11)13-3-2-12-6(7,8)9/h4H,2-3H2,1H3,(H,10,11). The van der Waals surface area contributed by atoms with Crippen LogP contribution in [0.3, 0.4) is 0 Å². The number of carbonyl (C=O) groups is 1. The molecule has 3 nitrogen and oxygen atoms in total. The summed E-state index contributed by atoms with van der Waals surface area (Å²) in [5.74, 6) is -1.04. The third kappa shape index (κ3) is 7.92. The molecule has 0 saturated heterocycles. The Morgan fingerprint density at radius 3 is 2.54 bits per heavy atom. The number of thioether (sulfide) groups is 1. The zero-order valence-electron chi connectivity index (χ0n) is 6.80. The van der Waals surface area contributed by atoms with E-state index in [1.54, 1.807) is 0 Å². The zero-order chi connectivity index (χ0) is 10.5. The summed E-state index contributed by atoms with van der Waals surface area (Å²) in [5.41, 5.74) is 0. The first-order valence-corrected chi connectivity index (χ1v) is 4.43. The number of halogens is 3. The van der Waals surface area contributed by atoms with Crippen LogP contribution in [0.4, 0.5) is 13.2 Å². The lowest BCUT2D eigenvalue weighted by molar-refractivity contribution is -0.322. The maximum absolute atomic E-state index is 11.4. The third-order valence-corrected chi connectivity index (χ3v) is 2.17. The summed E-state index contributed by atoms with van der Waals surface area (Å²) >= 11 is 0.901. The average Bonchev–Trinajstić information content (AvgIpc) is 1.95. The number of hydrogen-bond acceptors (Lipinski definition) is 3. The normalized spacial score (nSPS) is 14.2. The number of carboxylic acids is 1. The topological polar surface area (TPSA) is 46.5 Å². The minimum Gasteiger partial charge on any atom is -0.480 e. The smallest absolute Gasteiger partial charge is 0.480 e. The fourth-order valence-electron chi connectivity index (χ4n) is 0.454. The minimum atomic E-state index is -4.63.